The van der Waals surface area contributed by atoms with Crippen LogP contribution in [0.1, 0.15) is 60.4 Å². The van der Waals surface area contributed by atoms with Crippen LogP contribution in [-0.2, 0) is 27.5 Å². The van der Waals surface area contributed by atoms with Crippen molar-refractivity contribution in [3.63, 3.8) is 0 Å². The van der Waals surface area contributed by atoms with Crippen LogP contribution in [0.4, 0.5) is 0 Å². The molecule has 2 atom stereocenters. The van der Waals surface area contributed by atoms with E-state index in [2.05, 4.69) is 58.3 Å². The van der Waals surface area contributed by atoms with Crippen molar-refractivity contribution < 1.29 is 14.3 Å². The smallest absolute Gasteiger partial charge is 0.139 e. The van der Waals surface area contributed by atoms with Crippen LogP contribution in [0.15, 0.2) is 48.5 Å². The molecule has 5 heteroatoms. The van der Waals surface area contributed by atoms with Gasteiger partial charge in [-0.3, -0.25) is 14.6 Å². The van der Waals surface area contributed by atoms with Crippen LogP contribution < -0.4 is 0 Å². The second kappa shape index (κ2) is 8.71. The van der Waals surface area contributed by atoms with Gasteiger partial charge in [0.15, 0.2) is 0 Å². The molecule has 2 aromatic carbocycles. The molecule has 2 unspecified atom stereocenters. The summed E-state index contributed by atoms with van der Waals surface area (Å²) in [5.74, 6) is 0.926. The molecule has 4 aliphatic rings. The van der Waals surface area contributed by atoms with Gasteiger partial charge in [0.1, 0.15) is 18.2 Å². The van der Waals surface area contributed by atoms with Crippen molar-refractivity contribution in [1.29, 1.82) is 0 Å². The highest BCUT2D eigenvalue weighted by atomic mass is 16.5. The number of benzene rings is 2. The molecule has 2 aromatic rings. The molecule has 168 valence electrons. The average Bonchev–Trinajstić information content (AvgIpc) is 3.48. The Morgan fingerprint density at radius 2 is 1.06 bits per heavy atom. The van der Waals surface area contributed by atoms with Gasteiger partial charge >= 0.3 is 0 Å². The van der Waals surface area contributed by atoms with Crippen LogP contribution in [0, 0.1) is 11.8 Å². The molecule has 0 aliphatic carbocycles. The van der Waals surface area contributed by atoms with Gasteiger partial charge in [0.25, 0.3) is 0 Å². The van der Waals surface area contributed by atoms with Crippen molar-refractivity contribution in [1.82, 2.24) is 9.80 Å². The fraction of sp³-hybridized carbons (Fsp3) is 0.519. The van der Waals surface area contributed by atoms with Gasteiger partial charge in [-0.1, -0.05) is 48.5 Å². The monoisotopic (exact) mass is 432 g/mol. The normalized spacial score (nSPS) is 27.4. The first-order chi connectivity index (χ1) is 15.8. The molecule has 0 N–H and O–H groups in total. The van der Waals surface area contributed by atoms with Gasteiger partial charge < -0.3 is 9.47 Å². The van der Waals surface area contributed by atoms with Crippen molar-refractivity contribution in [2.75, 3.05) is 26.2 Å². The Morgan fingerprint density at radius 1 is 0.656 bits per heavy atom. The highest BCUT2D eigenvalue weighted by molar-refractivity contribution is 5.83. The lowest BCUT2D eigenvalue weighted by Gasteiger charge is -2.38. The van der Waals surface area contributed by atoms with E-state index >= 15 is 0 Å². The van der Waals surface area contributed by atoms with Gasteiger partial charge in [0, 0.05) is 49.1 Å². The molecular weight excluding hydrogens is 400 g/mol. The van der Waals surface area contributed by atoms with Crippen molar-refractivity contribution in [2.24, 2.45) is 11.8 Å². The van der Waals surface area contributed by atoms with E-state index in [1.54, 1.807) is 0 Å². The quantitative estimate of drug-likeness (QED) is 0.715. The molecule has 32 heavy (non-hydrogen) atoms. The lowest BCUT2D eigenvalue weighted by Crippen LogP contribution is -2.43. The Hall–Kier alpha value is -2.05. The Balaban J connectivity index is 1.02. The molecule has 2 fully saturated rings. The van der Waals surface area contributed by atoms with Gasteiger partial charge in [-0.05, 0) is 36.8 Å². The van der Waals surface area contributed by atoms with Gasteiger partial charge in [0.05, 0.1) is 13.2 Å². The van der Waals surface area contributed by atoms with Crippen LogP contribution in [0.25, 0.3) is 0 Å². The van der Waals surface area contributed by atoms with Crippen LogP contribution in [0.2, 0.25) is 0 Å². The fourth-order valence-electron chi connectivity index (χ4n) is 6.10. The SMILES string of the molecule is O=C(C1CCN(C2OCc3ccccc32)CC1)C1CCN(C2OCc3ccccc32)CC1. The van der Waals surface area contributed by atoms with E-state index in [-0.39, 0.29) is 24.3 Å². The zero-order valence-corrected chi connectivity index (χ0v) is 18.6. The summed E-state index contributed by atoms with van der Waals surface area (Å²) in [4.78, 5) is 18.2. The predicted molar refractivity (Wildman–Crippen MR) is 122 cm³/mol. The number of rotatable bonds is 4. The number of likely N-dealkylation sites (tertiary alicyclic amines) is 2. The number of ketones is 1. The minimum atomic E-state index is 0.0692. The molecular formula is C27H32N2O3. The topological polar surface area (TPSA) is 42.0 Å². The first-order valence-electron chi connectivity index (χ1n) is 12.2. The summed E-state index contributed by atoms with van der Waals surface area (Å²) in [6.45, 7) is 5.19. The van der Waals surface area contributed by atoms with Gasteiger partial charge in [0.2, 0.25) is 0 Å². The number of fused-ring (bicyclic) bond motifs is 2. The Kier molecular flexibility index (Phi) is 5.59. The maximum absolute atomic E-state index is 13.3. The first-order valence-corrected chi connectivity index (χ1v) is 12.2. The van der Waals surface area contributed by atoms with E-state index in [4.69, 9.17) is 9.47 Å². The van der Waals surface area contributed by atoms with Crippen LogP contribution in [-0.4, -0.2) is 41.8 Å². The molecule has 2 saturated heterocycles. The third kappa shape index (κ3) is 3.71. The summed E-state index contributed by atoms with van der Waals surface area (Å²) in [7, 11) is 0. The molecule has 6 rings (SSSR count). The van der Waals surface area contributed by atoms with Crippen molar-refractivity contribution >= 4 is 5.78 Å². The van der Waals surface area contributed by atoms with Crippen LogP contribution >= 0.6 is 0 Å². The predicted octanol–water partition coefficient (Wildman–Crippen LogP) is 4.44. The van der Waals surface area contributed by atoms with Gasteiger partial charge in [-0.2, -0.15) is 0 Å². The molecule has 4 aliphatic heterocycles. The zero-order valence-electron chi connectivity index (χ0n) is 18.6. The summed E-state index contributed by atoms with van der Waals surface area (Å²) in [6, 6.07) is 17.0. The van der Waals surface area contributed by atoms with E-state index < -0.39 is 0 Å². The highest BCUT2D eigenvalue weighted by Gasteiger charge is 2.38. The number of hydrogen-bond donors (Lipinski definition) is 0. The largest absolute Gasteiger partial charge is 0.354 e. The molecule has 0 radical (unpaired) electrons. The number of carbonyl (C=O) groups excluding carboxylic acids is 1. The summed E-state index contributed by atoms with van der Waals surface area (Å²) in [5, 5.41) is 0. The van der Waals surface area contributed by atoms with Gasteiger partial charge in [-0.25, -0.2) is 0 Å². The fourth-order valence-corrected chi connectivity index (χ4v) is 6.10. The molecule has 0 amide bonds. The minimum Gasteiger partial charge on any atom is -0.354 e. The third-order valence-corrected chi connectivity index (χ3v) is 7.96. The Labute approximate surface area is 190 Å². The van der Waals surface area contributed by atoms with Crippen molar-refractivity contribution in [3.8, 4) is 0 Å². The number of hydrogen-bond acceptors (Lipinski definition) is 5. The number of piperidine rings is 2. The molecule has 0 bridgehead atoms. The zero-order chi connectivity index (χ0) is 21.5. The second-order valence-corrected chi connectivity index (χ2v) is 9.75. The molecule has 4 heterocycles. The number of Topliss-reactive ketones (excluding diaryl/α,β-unsaturated/α-hetero) is 1. The number of carbonyl (C=O) groups is 1. The maximum Gasteiger partial charge on any atom is 0.139 e. The Morgan fingerprint density at radius 3 is 1.50 bits per heavy atom. The molecule has 0 aromatic heterocycles. The second-order valence-electron chi connectivity index (χ2n) is 9.75. The maximum atomic E-state index is 13.3. The minimum absolute atomic E-state index is 0.0692. The molecule has 0 spiro atoms. The van der Waals surface area contributed by atoms with Gasteiger partial charge in [-0.15, -0.1) is 0 Å². The van der Waals surface area contributed by atoms with Crippen molar-refractivity contribution in [2.45, 2.75) is 51.4 Å². The van der Waals surface area contributed by atoms with E-state index in [0.717, 1.165) is 51.9 Å². The Bertz CT molecular complexity index is 899. The van der Waals surface area contributed by atoms with E-state index in [1.807, 2.05) is 0 Å². The summed E-state index contributed by atoms with van der Waals surface area (Å²) in [5.41, 5.74) is 5.22. The third-order valence-electron chi connectivity index (χ3n) is 7.96. The van der Waals surface area contributed by atoms with Crippen LogP contribution in [0.3, 0.4) is 0 Å². The summed E-state index contributed by atoms with van der Waals surface area (Å²) in [6.07, 6.45) is 3.97. The van der Waals surface area contributed by atoms with Crippen molar-refractivity contribution in [3.05, 3.63) is 70.8 Å². The average molecular weight is 433 g/mol. The standard InChI is InChI=1S/C27H32N2O3/c30-25(19-9-13-28(14-10-19)26-23-7-3-1-5-21(23)17-31-26)20-11-15-29(16-12-20)27-24-8-4-2-6-22(24)18-32-27/h1-8,19-20,26-27H,9-18H2. The van der Waals surface area contributed by atoms with E-state index in [1.165, 1.54) is 22.3 Å². The van der Waals surface area contributed by atoms with Crippen LogP contribution in [0.5, 0.6) is 0 Å². The summed E-state index contributed by atoms with van der Waals surface area (Å²) < 4.78 is 12.2. The number of nitrogens with zero attached hydrogens (tertiary/aromatic N) is 2. The van der Waals surface area contributed by atoms with E-state index in [0.29, 0.717) is 19.0 Å². The lowest BCUT2D eigenvalue weighted by molar-refractivity contribution is -0.133. The highest BCUT2D eigenvalue weighted by Crippen LogP contribution is 2.38. The molecule has 5 nitrogen and oxygen atoms in total. The molecule has 0 saturated carbocycles. The summed E-state index contributed by atoms with van der Waals surface area (Å²) >= 11 is 0. The lowest BCUT2D eigenvalue weighted by atomic mass is 9.81. The first kappa shape index (κ1) is 20.5. The van der Waals surface area contributed by atoms with E-state index in [9.17, 15) is 4.79 Å². The number of ether oxygens (including phenoxy) is 2.